The van der Waals surface area contributed by atoms with Crippen LogP contribution in [0.2, 0.25) is 0 Å². The SMILES string of the molecule is COc1cc(C)c(C)cc1S(=O)(=O)N1CCc2cc3ccccc3nc21. The van der Waals surface area contributed by atoms with E-state index in [0.717, 1.165) is 27.6 Å². The number of benzene rings is 2. The fourth-order valence-electron chi connectivity index (χ4n) is 3.35. The topological polar surface area (TPSA) is 59.5 Å². The van der Waals surface area contributed by atoms with E-state index in [4.69, 9.17) is 4.74 Å². The Hall–Kier alpha value is -2.60. The zero-order chi connectivity index (χ0) is 18.5. The predicted molar refractivity (Wildman–Crippen MR) is 102 cm³/mol. The van der Waals surface area contributed by atoms with E-state index in [2.05, 4.69) is 4.98 Å². The molecule has 0 unspecified atom stereocenters. The monoisotopic (exact) mass is 368 g/mol. The lowest BCUT2D eigenvalue weighted by Gasteiger charge is -2.21. The number of aryl methyl sites for hydroxylation is 2. The third-order valence-corrected chi connectivity index (χ3v) is 6.76. The molecule has 0 saturated heterocycles. The van der Waals surface area contributed by atoms with Crippen LogP contribution in [0.5, 0.6) is 5.75 Å². The fraction of sp³-hybridized carbons (Fsp3) is 0.250. The minimum absolute atomic E-state index is 0.186. The Labute approximate surface area is 153 Å². The molecular weight excluding hydrogens is 348 g/mol. The van der Waals surface area contributed by atoms with Gasteiger partial charge in [-0.1, -0.05) is 18.2 Å². The van der Waals surface area contributed by atoms with Crippen molar-refractivity contribution in [3.63, 3.8) is 0 Å². The zero-order valence-electron chi connectivity index (χ0n) is 15.0. The Bertz CT molecular complexity index is 1120. The van der Waals surface area contributed by atoms with Crippen molar-refractivity contribution in [1.29, 1.82) is 0 Å². The van der Waals surface area contributed by atoms with Crippen LogP contribution in [0.4, 0.5) is 5.82 Å². The van der Waals surface area contributed by atoms with Gasteiger partial charge in [-0.25, -0.2) is 17.7 Å². The second kappa shape index (κ2) is 5.99. The number of para-hydroxylation sites is 1. The number of pyridine rings is 1. The molecular formula is C20H20N2O3S. The van der Waals surface area contributed by atoms with Gasteiger partial charge in [-0.3, -0.25) is 0 Å². The second-order valence-electron chi connectivity index (χ2n) is 6.58. The number of aromatic nitrogens is 1. The van der Waals surface area contributed by atoms with Gasteiger partial charge in [-0.05, 0) is 61.2 Å². The molecule has 3 aromatic rings. The van der Waals surface area contributed by atoms with Gasteiger partial charge in [0.15, 0.2) is 0 Å². The molecule has 1 aliphatic heterocycles. The number of anilines is 1. The van der Waals surface area contributed by atoms with Crippen LogP contribution in [-0.2, 0) is 16.4 Å². The molecule has 4 rings (SSSR count). The first kappa shape index (κ1) is 16.8. The van der Waals surface area contributed by atoms with E-state index in [9.17, 15) is 8.42 Å². The number of rotatable bonds is 3. The molecule has 0 spiro atoms. The molecule has 0 bridgehead atoms. The Kier molecular flexibility index (Phi) is 3.88. The predicted octanol–water partition coefficient (Wildman–Crippen LogP) is 3.61. The maximum atomic E-state index is 13.4. The summed E-state index contributed by atoms with van der Waals surface area (Å²) in [7, 11) is -2.26. The molecule has 6 heteroatoms. The molecule has 0 radical (unpaired) electrons. The summed E-state index contributed by atoms with van der Waals surface area (Å²) in [5, 5.41) is 1.02. The van der Waals surface area contributed by atoms with Gasteiger partial charge in [-0.15, -0.1) is 0 Å². The van der Waals surface area contributed by atoms with Crippen molar-refractivity contribution in [2.75, 3.05) is 18.0 Å². The normalized spacial score (nSPS) is 13.9. The standard InChI is InChI=1S/C20H20N2O3S/c1-13-10-18(25-3)19(11-14(13)2)26(23,24)22-9-8-16-12-15-6-4-5-7-17(15)21-20(16)22/h4-7,10-12H,8-9H2,1-3H3. The first-order chi connectivity index (χ1) is 12.4. The zero-order valence-corrected chi connectivity index (χ0v) is 15.8. The van der Waals surface area contributed by atoms with E-state index in [1.807, 2.05) is 44.2 Å². The van der Waals surface area contributed by atoms with Gasteiger partial charge in [-0.2, -0.15) is 0 Å². The maximum Gasteiger partial charge on any atom is 0.269 e. The molecule has 0 saturated carbocycles. The quantitative estimate of drug-likeness (QED) is 0.709. The van der Waals surface area contributed by atoms with Crippen LogP contribution in [0, 0.1) is 13.8 Å². The highest BCUT2D eigenvalue weighted by Crippen LogP contribution is 2.37. The van der Waals surface area contributed by atoms with Crippen LogP contribution in [0.1, 0.15) is 16.7 Å². The van der Waals surface area contributed by atoms with Crippen LogP contribution in [0.25, 0.3) is 10.9 Å². The molecule has 5 nitrogen and oxygen atoms in total. The van der Waals surface area contributed by atoms with Gasteiger partial charge in [0.2, 0.25) is 0 Å². The lowest BCUT2D eigenvalue weighted by Crippen LogP contribution is -2.30. The molecule has 26 heavy (non-hydrogen) atoms. The third kappa shape index (κ3) is 2.52. The molecule has 134 valence electrons. The summed E-state index contributed by atoms with van der Waals surface area (Å²) in [5.74, 6) is 0.881. The largest absolute Gasteiger partial charge is 0.495 e. The smallest absolute Gasteiger partial charge is 0.269 e. The van der Waals surface area contributed by atoms with Crippen LogP contribution < -0.4 is 9.04 Å². The average molecular weight is 368 g/mol. The number of fused-ring (bicyclic) bond motifs is 2. The maximum absolute atomic E-state index is 13.4. The van der Waals surface area contributed by atoms with E-state index in [0.29, 0.717) is 24.5 Å². The Morgan fingerprint density at radius 2 is 1.81 bits per heavy atom. The molecule has 0 N–H and O–H groups in total. The Balaban J connectivity index is 1.87. The van der Waals surface area contributed by atoms with Crippen molar-refractivity contribution < 1.29 is 13.2 Å². The van der Waals surface area contributed by atoms with E-state index in [1.165, 1.54) is 11.4 Å². The summed E-state index contributed by atoms with van der Waals surface area (Å²) in [6.07, 6.45) is 0.652. The average Bonchev–Trinajstić information content (AvgIpc) is 3.05. The molecule has 0 amide bonds. The third-order valence-electron chi connectivity index (χ3n) is 4.95. The van der Waals surface area contributed by atoms with Gasteiger partial charge >= 0.3 is 0 Å². The number of ether oxygens (including phenoxy) is 1. The van der Waals surface area contributed by atoms with Crippen molar-refractivity contribution in [2.45, 2.75) is 25.2 Å². The fourth-order valence-corrected chi connectivity index (χ4v) is 5.03. The van der Waals surface area contributed by atoms with Gasteiger partial charge in [0, 0.05) is 11.9 Å². The van der Waals surface area contributed by atoms with Crippen molar-refractivity contribution in [3.8, 4) is 5.75 Å². The number of nitrogens with zero attached hydrogens (tertiary/aromatic N) is 2. The minimum atomic E-state index is -3.76. The first-order valence-corrected chi connectivity index (χ1v) is 9.92. The molecule has 2 aromatic carbocycles. The van der Waals surface area contributed by atoms with Crippen LogP contribution >= 0.6 is 0 Å². The summed E-state index contributed by atoms with van der Waals surface area (Å²) in [6.45, 7) is 4.22. The summed E-state index contributed by atoms with van der Waals surface area (Å²) in [5.41, 5.74) is 3.65. The van der Waals surface area contributed by atoms with Gasteiger partial charge in [0.1, 0.15) is 16.5 Å². The highest BCUT2D eigenvalue weighted by atomic mass is 32.2. The molecule has 1 aliphatic rings. The van der Waals surface area contributed by atoms with Gasteiger partial charge < -0.3 is 4.74 Å². The lowest BCUT2D eigenvalue weighted by atomic mass is 10.1. The van der Waals surface area contributed by atoms with E-state index >= 15 is 0 Å². The Morgan fingerprint density at radius 3 is 2.58 bits per heavy atom. The number of hydrogen-bond donors (Lipinski definition) is 0. The molecule has 0 fully saturated rings. The van der Waals surface area contributed by atoms with Crippen molar-refractivity contribution in [3.05, 3.63) is 59.2 Å². The van der Waals surface area contributed by atoms with Gasteiger partial charge in [0.25, 0.3) is 10.0 Å². The number of hydrogen-bond acceptors (Lipinski definition) is 4. The number of methoxy groups -OCH3 is 1. The van der Waals surface area contributed by atoms with E-state index < -0.39 is 10.0 Å². The molecule has 0 atom stereocenters. The summed E-state index contributed by atoms with van der Waals surface area (Å²) >= 11 is 0. The minimum Gasteiger partial charge on any atom is -0.495 e. The summed E-state index contributed by atoms with van der Waals surface area (Å²) < 4.78 is 33.5. The van der Waals surface area contributed by atoms with Crippen molar-refractivity contribution in [2.24, 2.45) is 0 Å². The molecule has 0 aliphatic carbocycles. The van der Waals surface area contributed by atoms with Crippen LogP contribution in [0.3, 0.4) is 0 Å². The second-order valence-corrected chi connectivity index (χ2v) is 8.41. The number of sulfonamides is 1. The van der Waals surface area contributed by atoms with Crippen LogP contribution in [-0.4, -0.2) is 27.1 Å². The van der Waals surface area contributed by atoms with E-state index in [-0.39, 0.29) is 4.90 Å². The van der Waals surface area contributed by atoms with Gasteiger partial charge in [0.05, 0.1) is 12.6 Å². The lowest BCUT2D eigenvalue weighted by molar-refractivity contribution is 0.402. The summed E-state index contributed by atoms with van der Waals surface area (Å²) in [6, 6.07) is 13.2. The highest BCUT2D eigenvalue weighted by molar-refractivity contribution is 7.93. The molecule has 1 aromatic heterocycles. The first-order valence-electron chi connectivity index (χ1n) is 8.48. The van der Waals surface area contributed by atoms with Crippen molar-refractivity contribution >= 4 is 26.7 Å². The van der Waals surface area contributed by atoms with Crippen molar-refractivity contribution in [1.82, 2.24) is 4.98 Å². The van der Waals surface area contributed by atoms with Crippen LogP contribution in [0.15, 0.2) is 47.4 Å². The Morgan fingerprint density at radius 1 is 1.08 bits per heavy atom. The highest BCUT2D eigenvalue weighted by Gasteiger charge is 2.34. The molecule has 2 heterocycles. The van der Waals surface area contributed by atoms with E-state index in [1.54, 1.807) is 12.1 Å². The summed E-state index contributed by atoms with van der Waals surface area (Å²) in [4.78, 5) is 4.82.